The van der Waals surface area contributed by atoms with Gasteiger partial charge in [0.2, 0.25) is 0 Å². The minimum Gasteiger partial charge on any atom is -0.459 e. The van der Waals surface area contributed by atoms with Crippen LogP contribution in [0.3, 0.4) is 0 Å². The Morgan fingerprint density at radius 3 is 0.938 bits per heavy atom. The molecule has 0 N–H and O–H groups in total. The van der Waals surface area contributed by atoms with Crippen LogP contribution in [-0.2, 0) is 38.1 Å². The van der Waals surface area contributed by atoms with E-state index in [1.54, 1.807) is 0 Å². The lowest BCUT2D eigenvalue weighted by Crippen LogP contribution is -2.61. The van der Waals surface area contributed by atoms with Gasteiger partial charge >= 0.3 is 71.8 Å². The van der Waals surface area contributed by atoms with Gasteiger partial charge in [-0.2, -0.15) is 79.0 Å². The van der Waals surface area contributed by atoms with Crippen LogP contribution in [0.5, 0.6) is 0 Å². The molecule has 280 valence electrons. The average molecular weight is 752 g/mol. The largest absolute Gasteiger partial charge is 0.460 e. The van der Waals surface area contributed by atoms with Gasteiger partial charge in [-0.1, -0.05) is 0 Å². The van der Waals surface area contributed by atoms with E-state index in [0.29, 0.717) is 13.8 Å². The molecule has 8 nitrogen and oxygen atoms in total. The van der Waals surface area contributed by atoms with Gasteiger partial charge in [-0.25, -0.2) is 9.59 Å². The summed E-state index contributed by atoms with van der Waals surface area (Å²) in [4.78, 5) is 45.4. The van der Waals surface area contributed by atoms with Crippen molar-refractivity contribution in [1.29, 1.82) is 0 Å². The number of rotatable bonds is 16. The van der Waals surface area contributed by atoms with Crippen LogP contribution in [-0.4, -0.2) is 97.2 Å². The Morgan fingerprint density at radius 2 is 0.729 bits per heavy atom. The molecule has 0 aromatic heterocycles. The first-order valence-corrected chi connectivity index (χ1v) is 11.8. The molecule has 2 atom stereocenters. The summed E-state index contributed by atoms with van der Waals surface area (Å²) in [5, 5.41) is 0. The topological polar surface area (TPSA) is 105 Å². The summed E-state index contributed by atoms with van der Waals surface area (Å²) in [6.45, 7) is -2.79. The maximum atomic E-state index is 13.9. The molecule has 0 aliphatic rings. The first-order chi connectivity index (χ1) is 21.1. The summed E-state index contributed by atoms with van der Waals surface area (Å²) in [5.41, 5.74) is 0. The van der Waals surface area contributed by atoms with Crippen molar-refractivity contribution >= 4 is 23.9 Å². The van der Waals surface area contributed by atoms with Gasteiger partial charge in [0.1, 0.15) is 25.4 Å². The summed E-state index contributed by atoms with van der Waals surface area (Å²) >= 11 is 0. The van der Waals surface area contributed by atoms with Crippen molar-refractivity contribution in [1.82, 2.24) is 0 Å². The van der Waals surface area contributed by atoms with E-state index >= 15 is 0 Å². The van der Waals surface area contributed by atoms with Crippen LogP contribution in [0.4, 0.5) is 79.0 Å². The number of carbonyl (C=O) groups is 4. The summed E-state index contributed by atoms with van der Waals surface area (Å²) in [7, 11) is 0. The van der Waals surface area contributed by atoms with Crippen molar-refractivity contribution in [2.75, 3.05) is 13.2 Å². The quantitative estimate of drug-likeness (QED) is 0.0794. The van der Waals surface area contributed by atoms with Crippen molar-refractivity contribution in [2.45, 2.75) is 86.8 Å². The van der Waals surface area contributed by atoms with Crippen LogP contribution in [0.2, 0.25) is 0 Å². The Balaban J connectivity index is 5.62. The van der Waals surface area contributed by atoms with Gasteiger partial charge < -0.3 is 18.9 Å². The lowest BCUT2D eigenvalue weighted by atomic mass is 9.98. The molecule has 0 saturated carbocycles. The third-order valence-electron chi connectivity index (χ3n) is 5.23. The molecular weight excluding hydrogens is 734 g/mol. The van der Waals surface area contributed by atoms with Crippen molar-refractivity contribution in [3.63, 3.8) is 0 Å². The molecule has 0 aromatic rings. The van der Waals surface area contributed by atoms with E-state index in [0.717, 1.165) is 0 Å². The fraction of sp³-hybridized carbons (Fsp3) is 0.727. The number of alkyl halides is 18. The molecular formula is C22H18F18O8. The van der Waals surface area contributed by atoms with E-state index in [1.807, 2.05) is 0 Å². The molecule has 0 amide bonds. The zero-order valence-corrected chi connectivity index (χ0v) is 23.2. The maximum absolute atomic E-state index is 13.9. The number of ether oxygens (including phenoxy) is 4. The third-order valence-corrected chi connectivity index (χ3v) is 5.23. The zero-order valence-electron chi connectivity index (χ0n) is 23.2. The highest BCUT2D eigenvalue weighted by Crippen LogP contribution is 2.55. The fourth-order valence-corrected chi connectivity index (χ4v) is 2.96. The molecule has 26 heteroatoms. The van der Waals surface area contributed by atoms with Crippen LogP contribution in [0.25, 0.3) is 0 Å². The molecule has 0 aliphatic heterocycles. The predicted octanol–water partition coefficient (Wildman–Crippen LogP) is 6.21. The standard InChI is InChI=1S/C22H18F18O8/c1-9(41)47-11(5-15(23,24)17(27,28)19(31,32)21(35,36)37)7-45-13(43)3-4-14(44)46-8-12(48-10(2)42)6-16(25,26)18(29,30)20(33,34)22(38,39)40/h3-4,11-12H,5-8H2,1-2H3/b4-3-. The van der Waals surface area contributed by atoms with Gasteiger partial charge in [-0.05, 0) is 0 Å². The Kier molecular flexibility index (Phi) is 13.7. The first-order valence-electron chi connectivity index (χ1n) is 11.8. The fourth-order valence-electron chi connectivity index (χ4n) is 2.96. The van der Waals surface area contributed by atoms with Crippen molar-refractivity contribution in [3.05, 3.63) is 12.2 Å². The average Bonchev–Trinajstić information content (AvgIpc) is 2.86. The lowest BCUT2D eigenvalue weighted by Gasteiger charge is -2.34. The molecule has 0 rings (SSSR count). The number of halogens is 18. The van der Waals surface area contributed by atoms with E-state index in [2.05, 4.69) is 18.9 Å². The van der Waals surface area contributed by atoms with Crippen LogP contribution < -0.4 is 0 Å². The van der Waals surface area contributed by atoms with Crippen LogP contribution in [0.15, 0.2) is 12.2 Å². The molecule has 48 heavy (non-hydrogen) atoms. The van der Waals surface area contributed by atoms with Crippen molar-refractivity contribution < 1.29 is 117 Å². The molecule has 0 spiro atoms. The Bertz CT molecular complexity index is 1100. The van der Waals surface area contributed by atoms with Crippen molar-refractivity contribution in [3.8, 4) is 0 Å². The third kappa shape index (κ3) is 10.4. The van der Waals surface area contributed by atoms with Crippen LogP contribution in [0, 0.1) is 0 Å². The number of hydrogen-bond donors (Lipinski definition) is 0. The highest BCUT2D eigenvalue weighted by Gasteiger charge is 2.82. The van der Waals surface area contributed by atoms with E-state index in [-0.39, 0.29) is 12.2 Å². The van der Waals surface area contributed by atoms with Gasteiger partial charge in [0.15, 0.2) is 0 Å². The second-order valence-electron chi connectivity index (χ2n) is 9.17. The van der Waals surface area contributed by atoms with E-state index in [1.165, 1.54) is 0 Å². The molecule has 0 aliphatic carbocycles. The zero-order chi connectivity index (χ0) is 38.5. The summed E-state index contributed by atoms with van der Waals surface area (Å²) < 4.78 is 251. The predicted molar refractivity (Wildman–Crippen MR) is 113 cm³/mol. The van der Waals surface area contributed by atoms with Gasteiger partial charge in [0, 0.05) is 26.0 Å². The van der Waals surface area contributed by atoms with Gasteiger partial charge in [-0.3, -0.25) is 9.59 Å². The van der Waals surface area contributed by atoms with E-state index in [4.69, 9.17) is 0 Å². The molecule has 0 aromatic carbocycles. The molecule has 0 fully saturated rings. The molecule has 0 saturated heterocycles. The summed E-state index contributed by atoms with van der Waals surface area (Å²) in [6, 6.07) is 0. The van der Waals surface area contributed by atoms with Crippen LogP contribution in [0.1, 0.15) is 26.7 Å². The second-order valence-corrected chi connectivity index (χ2v) is 9.17. The summed E-state index contributed by atoms with van der Waals surface area (Å²) in [5.74, 6) is -48.8. The second kappa shape index (κ2) is 14.9. The van der Waals surface area contributed by atoms with Gasteiger partial charge in [0.05, 0.1) is 12.8 Å². The minimum absolute atomic E-state index is 0.106. The highest BCUT2D eigenvalue weighted by molar-refractivity contribution is 5.91. The van der Waals surface area contributed by atoms with Gasteiger partial charge in [-0.15, -0.1) is 0 Å². The van der Waals surface area contributed by atoms with Crippen molar-refractivity contribution in [2.24, 2.45) is 0 Å². The molecule has 0 bridgehead atoms. The number of hydrogen-bond acceptors (Lipinski definition) is 8. The molecule has 2 unspecified atom stereocenters. The van der Waals surface area contributed by atoms with Gasteiger partial charge in [0.25, 0.3) is 0 Å². The Hall–Kier alpha value is -3.64. The summed E-state index contributed by atoms with van der Waals surface area (Å²) in [6.07, 6.45) is -26.0. The Morgan fingerprint density at radius 1 is 0.479 bits per heavy atom. The monoisotopic (exact) mass is 752 g/mol. The number of carbonyl (C=O) groups excluding carboxylic acids is 4. The maximum Gasteiger partial charge on any atom is 0.460 e. The Labute approximate surface area is 254 Å². The van der Waals surface area contributed by atoms with Crippen LogP contribution >= 0.6 is 0 Å². The number of esters is 4. The smallest absolute Gasteiger partial charge is 0.459 e. The normalized spacial score (nSPS) is 15.5. The van der Waals surface area contributed by atoms with E-state index < -0.39 is 110 Å². The minimum atomic E-state index is -7.33. The van der Waals surface area contributed by atoms with E-state index in [9.17, 15) is 98.2 Å². The molecule has 0 radical (unpaired) electrons. The first kappa shape index (κ1) is 44.4. The SMILES string of the molecule is CC(=O)OC(COC(=O)/C=C\C(=O)OCC(CC(F)(F)C(F)(F)C(F)(F)C(F)(F)F)OC(C)=O)CC(F)(F)C(F)(F)C(F)(F)C(F)(F)F. The lowest BCUT2D eigenvalue weighted by molar-refractivity contribution is -0.398. The molecule has 0 heterocycles. The highest BCUT2D eigenvalue weighted by atomic mass is 19.4.